The molecule has 0 bridgehead atoms. The molecule has 0 unspecified atom stereocenters. The fraction of sp³-hybridized carbons (Fsp3) is 0.190. The molecule has 10 heteroatoms. The maximum atomic E-state index is 13.1. The molecule has 1 aliphatic rings. The van der Waals surface area contributed by atoms with Crippen LogP contribution in [0.1, 0.15) is 0 Å². The third kappa shape index (κ3) is 3.82. The standard InChI is InChI=1S/C21H21N7O2S/c29-31(30,19-6-4-18(5-7-19)28-13-3-10-22-28)27-16-14-26(15-17-27)21-9-8-20(23-24-21)25-11-1-2-12-25/h1-13H,14-17H2. The minimum atomic E-state index is -3.55. The van der Waals surface area contributed by atoms with E-state index in [1.807, 2.05) is 53.5 Å². The molecule has 0 aliphatic carbocycles. The van der Waals surface area contributed by atoms with Gasteiger partial charge in [-0.05, 0) is 54.6 Å². The van der Waals surface area contributed by atoms with Crippen LogP contribution in [-0.4, -0.2) is 63.4 Å². The van der Waals surface area contributed by atoms with Crippen molar-refractivity contribution in [3.63, 3.8) is 0 Å². The number of hydrogen-bond acceptors (Lipinski definition) is 6. The van der Waals surface area contributed by atoms with Gasteiger partial charge in [0.15, 0.2) is 11.6 Å². The van der Waals surface area contributed by atoms with Crippen molar-refractivity contribution in [1.29, 1.82) is 0 Å². The van der Waals surface area contributed by atoms with Crippen molar-refractivity contribution in [2.45, 2.75) is 4.90 Å². The van der Waals surface area contributed by atoms with Crippen molar-refractivity contribution >= 4 is 15.8 Å². The lowest BCUT2D eigenvalue weighted by molar-refractivity contribution is 0.383. The molecular formula is C21H21N7O2S. The molecule has 1 saturated heterocycles. The summed E-state index contributed by atoms with van der Waals surface area (Å²) in [7, 11) is -3.55. The highest BCUT2D eigenvalue weighted by Crippen LogP contribution is 2.21. The molecule has 31 heavy (non-hydrogen) atoms. The van der Waals surface area contributed by atoms with Crippen LogP contribution in [0.3, 0.4) is 0 Å². The number of benzene rings is 1. The minimum Gasteiger partial charge on any atom is -0.352 e. The molecule has 1 aromatic carbocycles. The van der Waals surface area contributed by atoms with Gasteiger partial charge in [-0.2, -0.15) is 9.40 Å². The summed E-state index contributed by atoms with van der Waals surface area (Å²) in [5.74, 6) is 1.49. The molecule has 9 nitrogen and oxygen atoms in total. The van der Waals surface area contributed by atoms with Crippen molar-refractivity contribution in [2.75, 3.05) is 31.1 Å². The third-order valence-electron chi connectivity index (χ3n) is 5.31. The summed E-state index contributed by atoms with van der Waals surface area (Å²) >= 11 is 0. The molecule has 158 valence electrons. The van der Waals surface area contributed by atoms with E-state index < -0.39 is 10.0 Å². The highest BCUT2D eigenvalue weighted by molar-refractivity contribution is 7.89. The van der Waals surface area contributed by atoms with Crippen LogP contribution in [0.2, 0.25) is 0 Å². The van der Waals surface area contributed by atoms with E-state index in [2.05, 4.69) is 20.2 Å². The lowest BCUT2D eigenvalue weighted by atomic mass is 10.3. The number of aromatic nitrogens is 5. The second-order valence-corrected chi connectivity index (χ2v) is 9.11. The Kier molecular flexibility index (Phi) is 5.00. The number of anilines is 1. The van der Waals surface area contributed by atoms with Gasteiger partial charge in [-0.1, -0.05) is 0 Å². The number of rotatable bonds is 5. The largest absolute Gasteiger partial charge is 0.352 e. The molecule has 0 saturated carbocycles. The summed E-state index contributed by atoms with van der Waals surface area (Å²) in [6.45, 7) is 1.90. The van der Waals surface area contributed by atoms with Crippen LogP contribution in [0.5, 0.6) is 0 Å². The Labute approximate surface area is 180 Å². The zero-order valence-electron chi connectivity index (χ0n) is 16.7. The molecule has 4 aromatic rings. The molecule has 0 spiro atoms. The van der Waals surface area contributed by atoms with Crippen LogP contribution >= 0.6 is 0 Å². The zero-order valence-corrected chi connectivity index (χ0v) is 17.5. The Morgan fingerprint density at radius 3 is 2.03 bits per heavy atom. The van der Waals surface area contributed by atoms with Gasteiger partial charge in [-0.15, -0.1) is 10.2 Å². The number of sulfonamides is 1. The number of piperazine rings is 1. The average molecular weight is 436 g/mol. The van der Waals surface area contributed by atoms with Crippen molar-refractivity contribution in [2.24, 2.45) is 0 Å². The molecule has 5 rings (SSSR count). The van der Waals surface area contributed by atoms with E-state index in [9.17, 15) is 8.42 Å². The summed E-state index contributed by atoms with van der Waals surface area (Å²) in [5, 5.41) is 12.8. The van der Waals surface area contributed by atoms with Gasteiger partial charge in [0.2, 0.25) is 10.0 Å². The smallest absolute Gasteiger partial charge is 0.243 e. The molecule has 1 fully saturated rings. The quantitative estimate of drug-likeness (QED) is 0.476. The average Bonchev–Trinajstić information content (AvgIpc) is 3.54. The lowest BCUT2D eigenvalue weighted by Crippen LogP contribution is -2.49. The zero-order chi connectivity index (χ0) is 21.3. The first-order valence-electron chi connectivity index (χ1n) is 9.93. The molecule has 4 heterocycles. The maximum Gasteiger partial charge on any atom is 0.243 e. The van der Waals surface area contributed by atoms with Gasteiger partial charge in [0.25, 0.3) is 0 Å². The highest BCUT2D eigenvalue weighted by Gasteiger charge is 2.29. The Bertz CT molecular complexity index is 1230. The van der Waals surface area contributed by atoms with E-state index in [4.69, 9.17) is 0 Å². The SMILES string of the molecule is O=S(=O)(c1ccc(-n2cccn2)cc1)N1CCN(c2ccc(-n3cccc3)nn2)CC1. The van der Waals surface area contributed by atoms with Gasteiger partial charge in [0.05, 0.1) is 10.6 Å². The monoisotopic (exact) mass is 435 g/mol. The van der Waals surface area contributed by atoms with Crippen LogP contribution in [-0.2, 0) is 10.0 Å². The van der Waals surface area contributed by atoms with E-state index in [0.717, 1.165) is 17.3 Å². The molecule has 3 aromatic heterocycles. The van der Waals surface area contributed by atoms with Crippen molar-refractivity contribution < 1.29 is 8.42 Å². The van der Waals surface area contributed by atoms with Crippen molar-refractivity contribution in [3.8, 4) is 11.5 Å². The van der Waals surface area contributed by atoms with Crippen LogP contribution in [0.25, 0.3) is 11.5 Å². The van der Waals surface area contributed by atoms with Gasteiger partial charge >= 0.3 is 0 Å². The predicted molar refractivity (Wildman–Crippen MR) is 116 cm³/mol. The molecule has 0 radical (unpaired) electrons. The van der Waals surface area contributed by atoms with E-state index in [-0.39, 0.29) is 4.90 Å². The van der Waals surface area contributed by atoms with E-state index in [1.54, 1.807) is 35.1 Å². The fourth-order valence-electron chi connectivity index (χ4n) is 3.61. The lowest BCUT2D eigenvalue weighted by Gasteiger charge is -2.34. The van der Waals surface area contributed by atoms with Gasteiger partial charge in [0.1, 0.15) is 0 Å². The molecular weight excluding hydrogens is 414 g/mol. The Hall–Kier alpha value is -3.50. The fourth-order valence-corrected chi connectivity index (χ4v) is 5.03. The van der Waals surface area contributed by atoms with Crippen LogP contribution < -0.4 is 4.90 Å². The maximum absolute atomic E-state index is 13.1. The second-order valence-electron chi connectivity index (χ2n) is 7.18. The Morgan fingerprint density at radius 2 is 1.42 bits per heavy atom. The predicted octanol–water partition coefficient (Wildman–Crippen LogP) is 1.96. The summed E-state index contributed by atoms with van der Waals surface area (Å²) < 4.78 is 31.2. The summed E-state index contributed by atoms with van der Waals surface area (Å²) in [4.78, 5) is 2.34. The van der Waals surface area contributed by atoms with E-state index in [0.29, 0.717) is 26.2 Å². The summed E-state index contributed by atoms with van der Waals surface area (Å²) in [5.41, 5.74) is 0.815. The summed E-state index contributed by atoms with van der Waals surface area (Å²) in [6, 6.07) is 16.3. The first-order chi connectivity index (χ1) is 15.1. The Balaban J connectivity index is 1.25. The van der Waals surface area contributed by atoms with E-state index >= 15 is 0 Å². The van der Waals surface area contributed by atoms with Crippen LogP contribution in [0, 0.1) is 0 Å². The molecule has 0 N–H and O–H groups in total. The minimum absolute atomic E-state index is 0.285. The second kappa shape index (κ2) is 7.97. The van der Waals surface area contributed by atoms with Gasteiger partial charge in [0, 0.05) is 51.0 Å². The third-order valence-corrected chi connectivity index (χ3v) is 7.22. The Morgan fingerprint density at radius 1 is 0.742 bits per heavy atom. The van der Waals surface area contributed by atoms with Gasteiger partial charge < -0.3 is 9.47 Å². The number of nitrogens with zero attached hydrogens (tertiary/aromatic N) is 7. The van der Waals surface area contributed by atoms with E-state index in [1.165, 1.54) is 4.31 Å². The normalized spacial score (nSPS) is 15.3. The van der Waals surface area contributed by atoms with Crippen LogP contribution in [0.4, 0.5) is 5.82 Å². The molecule has 0 amide bonds. The van der Waals surface area contributed by atoms with Crippen LogP contribution in [0.15, 0.2) is 84.3 Å². The number of hydrogen-bond donors (Lipinski definition) is 0. The van der Waals surface area contributed by atoms with Gasteiger partial charge in [-0.25, -0.2) is 13.1 Å². The van der Waals surface area contributed by atoms with Crippen molar-refractivity contribution in [1.82, 2.24) is 28.9 Å². The summed E-state index contributed by atoms with van der Waals surface area (Å²) in [6.07, 6.45) is 7.32. The highest BCUT2D eigenvalue weighted by atomic mass is 32.2. The first kappa shape index (κ1) is 19.5. The van der Waals surface area contributed by atoms with Crippen molar-refractivity contribution in [3.05, 3.63) is 79.4 Å². The first-order valence-corrected chi connectivity index (χ1v) is 11.4. The topological polar surface area (TPSA) is 89.2 Å². The molecule has 1 aliphatic heterocycles. The van der Waals surface area contributed by atoms with Gasteiger partial charge in [-0.3, -0.25) is 0 Å². The molecule has 0 atom stereocenters.